The number of thiazole rings is 1. The zero-order valence-corrected chi connectivity index (χ0v) is 22.9. The summed E-state index contributed by atoms with van der Waals surface area (Å²) in [6.45, 7) is 3.66. The van der Waals surface area contributed by atoms with Crippen molar-refractivity contribution in [1.82, 2.24) is 4.57 Å². The number of rotatable bonds is 8. The highest BCUT2D eigenvalue weighted by Crippen LogP contribution is 2.33. The third-order valence-electron chi connectivity index (χ3n) is 5.95. The van der Waals surface area contributed by atoms with Gasteiger partial charge in [-0.05, 0) is 61.2 Å². The second-order valence-corrected chi connectivity index (χ2v) is 10.6. The van der Waals surface area contributed by atoms with Gasteiger partial charge in [-0.2, -0.15) is 0 Å². The summed E-state index contributed by atoms with van der Waals surface area (Å²) >= 11 is 2.77. The van der Waals surface area contributed by atoms with E-state index in [0.29, 0.717) is 38.6 Å². The van der Waals surface area contributed by atoms with Crippen LogP contribution in [0, 0.1) is 0 Å². The summed E-state index contributed by atoms with van der Waals surface area (Å²) in [7, 11) is 0. The molecule has 1 atom stereocenters. The third-order valence-corrected chi connectivity index (χ3v) is 7.86. The highest BCUT2D eigenvalue weighted by atomic mass is 32.1. The lowest BCUT2D eigenvalue weighted by molar-refractivity contribution is -0.145. The maximum Gasteiger partial charge on any atom is 0.344 e. The number of thiophene rings is 1. The summed E-state index contributed by atoms with van der Waals surface area (Å²) in [6, 6.07) is 19.5. The number of hydrogen-bond donors (Lipinski definition) is 1. The van der Waals surface area contributed by atoms with Gasteiger partial charge in [0.1, 0.15) is 11.8 Å². The second-order valence-electron chi connectivity index (χ2n) is 8.58. The fraction of sp³-hybridized carbons (Fsp3) is 0.172. The van der Waals surface area contributed by atoms with E-state index in [4.69, 9.17) is 9.47 Å². The van der Waals surface area contributed by atoms with Crippen LogP contribution in [-0.2, 0) is 14.3 Å². The Labute approximate surface area is 232 Å². The molecule has 3 heterocycles. The quantitative estimate of drug-likeness (QED) is 0.331. The lowest BCUT2D eigenvalue weighted by Gasteiger charge is -2.24. The maximum absolute atomic E-state index is 13.7. The molecular weight excluding hydrogens is 534 g/mol. The first-order valence-corrected chi connectivity index (χ1v) is 13.9. The molecule has 0 saturated carbocycles. The van der Waals surface area contributed by atoms with Crippen molar-refractivity contribution in [1.29, 1.82) is 0 Å². The molecule has 0 saturated heterocycles. The van der Waals surface area contributed by atoms with E-state index in [2.05, 4.69) is 10.3 Å². The summed E-state index contributed by atoms with van der Waals surface area (Å²) in [6.07, 6.45) is 1.79. The number of esters is 1. The summed E-state index contributed by atoms with van der Waals surface area (Å²) < 4.78 is 12.4. The number of fused-ring (bicyclic) bond motifs is 1. The molecule has 1 amide bonds. The lowest BCUT2D eigenvalue weighted by atomic mass is 10.0. The van der Waals surface area contributed by atoms with E-state index in [-0.39, 0.29) is 18.1 Å². The highest BCUT2D eigenvalue weighted by molar-refractivity contribution is 7.10. The number of benzene rings is 2. The molecule has 2 aromatic carbocycles. The fourth-order valence-electron chi connectivity index (χ4n) is 4.20. The number of hydrogen-bond acceptors (Lipinski definition) is 8. The van der Waals surface area contributed by atoms with E-state index in [1.54, 1.807) is 48.8 Å². The Hall–Kier alpha value is -4.28. The number of nitrogens with zero attached hydrogens (tertiary/aromatic N) is 2. The van der Waals surface area contributed by atoms with Crippen LogP contribution in [0.4, 0.5) is 5.69 Å². The summed E-state index contributed by atoms with van der Waals surface area (Å²) in [5.74, 6) is -0.215. The topological polar surface area (TPSA) is 99.0 Å². The first-order chi connectivity index (χ1) is 18.9. The lowest BCUT2D eigenvalue weighted by Crippen LogP contribution is -2.40. The van der Waals surface area contributed by atoms with Crippen LogP contribution < -0.4 is 24.9 Å². The van der Waals surface area contributed by atoms with E-state index >= 15 is 0 Å². The molecule has 0 unspecified atom stereocenters. The van der Waals surface area contributed by atoms with Gasteiger partial charge in [-0.15, -0.1) is 11.3 Å². The Bertz CT molecular complexity index is 1700. The van der Waals surface area contributed by atoms with Crippen molar-refractivity contribution in [2.45, 2.75) is 19.9 Å². The number of carbonyl (C=O) groups is 2. The van der Waals surface area contributed by atoms with Crippen LogP contribution >= 0.6 is 22.7 Å². The van der Waals surface area contributed by atoms with Gasteiger partial charge in [0.2, 0.25) is 0 Å². The average Bonchev–Trinajstić information content (AvgIpc) is 3.57. The number of nitrogens with one attached hydrogen (secondary N) is 1. The predicted octanol–water partition coefficient (Wildman–Crippen LogP) is 3.88. The van der Waals surface area contributed by atoms with E-state index in [9.17, 15) is 14.4 Å². The third kappa shape index (κ3) is 5.76. The van der Waals surface area contributed by atoms with Crippen LogP contribution in [0.15, 0.2) is 93.2 Å². The Balaban J connectivity index is 1.48. The fourth-order valence-corrected chi connectivity index (χ4v) is 6.07. The number of aromatic nitrogens is 1. The van der Waals surface area contributed by atoms with Crippen LogP contribution in [-0.4, -0.2) is 29.7 Å². The number of carbonyl (C=O) groups excluding carboxylic acids is 2. The molecule has 1 aliphatic rings. The molecular formula is C29H25N3O5S2. The van der Waals surface area contributed by atoms with Gasteiger partial charge in [0.15, 0.2) is 11.4 Å². The molecule has 1 aliphatic heterocycles. The monoisotopic (exact) mass is 559 g/mol. The molecule has 0 bridgehead atoms. The molecule has 2 aromatic heterocycles. The van der Waals surface area contributed by atoms with Crippen molar-refractivity contribution in [3.63, 3.8) is 0 Å². The first kappa shape index (κ1) is 26.3. The van der Waals surface area contributed by atoms with E-state index in [0.717, 1.165) is 10.4 Å². The molecule has 10 heteroatoms. The van der Waals surface area contributed by atoms with Gasteiger partial charge in [0, 0.05) is 10.6 Å². The van der Waals surface area contributed by atoms with Crippen molar-refractivity contribution in [2.24, 2.45) is 4.99 Å². The zero-order chi connectivity index (χ0) is 27.4. The van der Waals surface area contributed by atoms with Crippen molar-refractivity contribution >= 4 is 46.3 Å². The van der Waals surface area contributed by atoms with Crippen LogP contribution in [0.2, 0.25) is 0 Å². The molecule has 4 aromatic rings. The Morgan fingerprint density at radius 2 is 1.85 bits per heavy atom. The number of allylic oxidation sites excluding steroid dienone is 1. The summed E-state index contributed by atoms with van der Waals surface area (Å²) in [4.78, 5) is 44.8. The van der Waals surface area contributed by atoms with Gasteiger partial charge in [-0.3, -0.25) is 14.2 Å². The van der Waals surface area contributed by atoms with Gasteiger partial charge in [0.05, 0.1) is 22.4 Å². The SMILES string of the molecule is CCOC(=O)COc1ccc(/C=c2/sc3n(c2=O)[C@H](c2cccs2)C(C(=O)Nc2ccccc2)=C(C)N=3)cc1. The molecule has 1 N–H and O–H groups in total. The standard InChI is InChI=1S/C29H25N3O5S2/c1-3-36-24(33)17-37-21-13-11-19(12-14-21)16-23-28(35)32-26(22-10-7-15-38-22)25(18(2)30-29(32)39-23)27(34)31-20-8-5-4-6-9-20/h4-16,26H,3,17H2,1-2H3,(H,31,34)/b23-16+/t26-/m1/s1. The van der Waals surface area contributed by atoms with E-state index in [1.807, 2.05) is 47.8 Å². The number of para-hydroxylation sites is 1. The van der Waals surface area contributed by atoms with Crippen molar-refractivity contribution in [3.05, 3.63) is 114 Å². The zero-order valence-electron chi connectivity index (χ0n) is 21.2. The molecule has 39 heavy (non-hydrogen) atoms. The minimum absolute atomic E-state index is 0.173. The first-order valence-electron chi connectivity index (χ1n) is 12.3. The van der Waals surface area contributed by atoms with Crippen LogP contribution in [0.3, 0.4) is 0 Å². The minimum atomic E-state index is -0.592. The Morgan fingerprint density at radius 1 is 1.08 bits per heavy atom. The molecule has 5 rings (SSSR count). The van der Waals surface area contributed by atoms with Crippen LogP contribution in [0.25, 0.3) is 6.08 Å². The highest BCUT2D eigenvalue weighted by Gasteiger charge is 2.33. The average molecular weight is 560 g/mol. The molecule has 0 radical (unpaired) electrons. The van der Waals surface area contributed by atoms with Crippen LogP contribution in [0.5, 0.6) is 5.75 Å². The summed E-state index contributed by atoms with van der Waals surface area (Å²) in [5.41, 5.74) is 2.23. The van der Waals surface area contributed by atoms with Crippen molar-refractivity contribution in [2.75, 3.05) is 18.5 Å². The van der Waals surface area contributed by atoms with Gasteiger partial charge in [-0.25, -0.2) is 9.79 Å². The normalized spacial score (nSPS) is 14.9. The molecule has 0 aliphatic carbocycles. The number of anilines is 1. The van der Waals surface area contributed by atoms with Gasteiger partial charge in [0.25, 0.3) is 11.5 Å². The number of amides is 1. The molecule has 198 valence electrons. The van der Waals surface area contributed by atoms with Crippen molar-refractivity contribution < 1.29 is 19.1 Å². The van der Waals surface area contributed by atoms with Crippen LogP contribution in [0.1, 0.15) is 30.3 Å². The number of ether oxygens (including phenoxy) is 2. The molecule has 0 spiro atoms. The predicted molar refractivity (Wildman–Crippen MR) is 152 cm³/mol. The maximum atomic E-state index is 13.7. The van der Waals surface area contributed by atoms with Crippen molar-refractivity contribution in [3.8, 4) is 5.75 Å². The smallest absolute Gasteiger partial charge is 0.344 e. The van der Waals surface area contributed by atoms with E-state index in [1.165, 1.54) is 22.7 Å². The largest absolute Gasteiger partial charge is 0.482 e. The Kier molecular flexibility index (Phi) is 7.85. The Morgan fingerprint density at radius 3 is 2.54 bits per heavy atom. The van der Waals surface area contributed by atoms with Gasteiger partial charge in [-0.1, -0.05) is 47.7 Å². The molecule has 8 nitrogen and oxygen atoms in total. The van der Waals surface area contributed by atoms with Gasteiger partial charge < -0.3 is 14.8 Å². The molecule has 0 fully saturated rings. The van der Waals surface area contributed by atoms with E-state index < -0.39 is 12.0 Å². The summed E-state index contributed by atoms with van der Waals surface area (Å²) in [5, 5.41) is 4.88. The minimum Gasteiger partial charge on any atom is -0.482 e. The second kappa shape index (κ2) is 11.6. The van der Waals surface area contributed by atoms with Gasteiger partial charge >= 0.3 is 5.97 Å².